The average Bonchev–Trinajstić information content (AvgIpc) is 2.68. The number of halogens is 1. The summed E-state index contributed by atoms with van der Waals surface area (Å²) in [4.78, 5) is 21.2. The number of nitrogens with one attached hydrogen (secondary N) is 1. The Kier molecular flexibility index (Phi) is 5.99. The number of piperazine rings is 1. The van der Waals surface area contributed by atoms with Gasteiger partial charge < -0.3 is 15.1 Å². The number of benzene rings is 1. The molecule has 1 aromatic heterocycles. The molecule has 1 aromatic carbocycles. The van der Waals surface area contributed by atoms with Gasteiger partial charge in [-0.1, -0.05) is 24.6 Å². The van der Waals surface area contributed by atoms with Crippen molar-refractivity contribution < 1.29 is 4.79 Å². The van der Waals surface area contributed by atoms with Crippen LogP contribution in [-0.4, -0.2) is 43.1 Å². The predicted octanol–water partition coefficient (Wildman–Crippen LogP) is 3.59. The monoisotopic (exact) mass is 372 g/mol. The molecule has 2 aromatic rings. The summed E-state index contributed by atoms with van der Waals surface area (Å²) in [6.45, 7) is 7.63. The Labute approximate surface area is 160 Å². The fourth-order valence-corrected chi connectivity index (χ4v) is 3.21. The van der Waals surface area contributed by atoms with Gasteiger partial charge in [0.15, 0.2) is 0 Å². The van der Waals surface area contributed by atoms with E-state index < -0.39 is 0 Å². The molecule has 0 spiro atoms. The normalized spacial score (nSPS) is 15.7. The maximum atomic E-state index is 12.3. The van der Waals surface area contributed by atoms with Crippen LogP contribution in [0.25, 0.3) is 0 Å². The van der Waals surface area contributed by atoms with Crippen molar-refractivity contribution in [1.82, 2.24) is 10.3 Å². The van der Waals surface area contributed by atoms with Gasteiger partial charge in [0.05, 0.1) is 17.4 Å². The van der Waals surface area contributed by atoms with Crippen LogP contribution in [0, 0.1) is 0 Å². The second-order valence-electron chi connectivity index (χ2n) is 6.67. The largest absolute Gasteiger partial charge is 0.368 e. The zero-order chi connectivity index (χ0) is 18.5. The quantitative estimate of drug-likeness (QED) is 0.871. The molecule has 26 heavy (non-hydrogen) atoms. The highest BCUT2D eigenvalue weighted by Crippen LogP contribution is 2.23. The van der Waals surface area contributed by atoms with E-state index in [1.54, 1.807) is 6.20 Å². The summed E-state index contributed by atoms with van der Waals surface area (Å²) < 4.78 is 0. The van der Waals surface area contributed by atoms with E-state index in [2.05, 4.69) is 33.1 Å². The molecule has 5 nitrogen and oxygen atoms in total. The van der Waals surface area contributed by atoms with Crippen LogP contribution in [0.15, 0.2) is 42.7 Å². The minimum Gasteiger partial charge on any atom is -0.368 e. The zero-order valence-electron chi connectivity index (χ0n) is 15.3. The molecule has 3 rings (SSSR count). The molecule has 1 unspecified atom stereocenters. The highest BCUT2D eigenvalue weighted by molar-refractivity contribution is 6.30. The molecule has 0 saturated carbocycles. The zero-order valence-corrected chi connectivity index (χ0v) is 16.0. The third-order valence-corrected chi connectivity index (χ3v) is 5.03. The molecule has 0 bridgehead atoms. The van der Waals surface area contributed by atoms with Crippen LogP contribution < -0.4 is 15.1 Å². The van der Waals surface area contributed by atoms with Crippen LogP contribution in [0.3, 0.4) is 0 Å². The summed E-state index contributed by atoms with van der Waals surface area (Å²) in [6.07, 6.45) is 4.36. The van der Waals surface area contributed by atoms with E-state index in [0.717, 1.165) is 49.0 Å². The van der Waals surface area contributed by atoms with Gasteiger partial charge in [-0.3, -0.25) is 9.78 Å². The predicted molar refractivity (Wildman–Crippen MR) is 107 cm³/mol. The smallest absolute Gasteiger partial charge is 0.253 e. The van der Waals surface area contributed by atoms with Crippen molar-refractivity contribution in [2.24, 2.45) is 0 Å². The Balaban J connectivity index is 1.64. The van der Waals surface area contributed by atoms with Crippen molar-refractivity contribution in [2.75, 3.05) is 36.0 Å². The standard InChI is InChI=1S/C20H25ClN4O/c1-3-15(2)23-20(26)16-11-19(14-22-13-16)25-9-7-24(8-10-25)18-6-4-5-17(21)12-18/h4-6,11-15H,3,7-10H2,1-2H3,(H,23,26). The first-order chi connectivity index (χ1) is 12.6. The van der Waals surface area contributed by atoms with Crippen molar-refractivity contribution in [3.63, 3.8) is 0 Å². The Morgan fingerprint density at radius 1 is 1.15 bits per heavy atom. The summed E-state index contributed by atoms with van der Waals surface area (Å²) in [7, 11) is 0. The number of carbonyl (C=O) groups is 1. The van der Waals surface area contributed by atoms with E-state index in [1.165, 1.54) is 0 Å². The van der Waals surface area contributed by atoms with Gasteiger partial charge in [-0.05, 0) is 37.6 Å². The summed E-state index contributed by atoms with van der Waals surface area (Å²) in [6, 6.07) is 10.0. The fraction of sp³-hybridized carbons (Fsp3) is 0.400. The van der Waals surface area contributed by atoms with E-state index in [1.807, 2.05) is 37.4 Å². The van der Waals surface area contributed by atoms with Gasteiger partial charge in [0.1, 0.15) is 0 Å². The Bertz CT molecular complexity index is 759. The highest BCUT2D eigenvalue weighted by atomic mass is 35.5. The van der Waals surface area contributed by atoms with Gasteiger partial charge >= 0.3 is 0 Å². The SMILES string of the molecule is CCC(C)NC(=O)c1cncc(N2CCN(c3cccc(Cl)c3)CC2)c1. The molecule has 1 aliphatic rings. The Morgan fingerprint density at radius 3 is 2.50 bits per heavy atom. The van der Waals surface area contributed by atoms with E-state index >= 15 is 0 Å². The van der Waals surface area contributed by atoms with Gasteiger partial charge in [0.25, 0.3) is 5.91 Å². The molecule has 1 aliphatic heterocycles. The molecule has 138 valence electrons. The molecule has 1 saturated heterocycles. The van der Waals surface area contributed by atoms with Crippen LogP contribution in [-0.2, 0) is 0 Å². The van der Waals surface area contributed by atoms with Gasteiger partial charge in [0.2, 0.25) is 0 Å². The van der Waals surface area contributed by atoms with Crippen molar-refractivity contribution in [3.8, 4) is 0 Å². The van der Waals surface area contributed by atoms with Crippen molar-refractivity contribution in [3.05, 3.63) is 53.3 Å². The Morgan fingerprint density at radius 2 is 1.85 bits per heavy atom. The molecular weight excluding hydrogens is 348 g/mol. The summed E-state index contributed by atoms with van der Waals surface area (Å²) in [5.41, 5.74) is 2.75. The molecule has 1 N–H and O–H groups in total. The minimum absolute atomic E-state index is 0.0636. The molecule has 0 aliphatic carbocycles. The lowest BCUT2D eigenvalue weighted by molar-refractivity contribution is 0.0939. The first-order valence-electron chi connectivity index (χ1n) is 9.08. The number of rotatable bonds is 5. The van der Waals surface area contributed by atoms with E-state index in [4.69, 9.17) is 11.6 Å². The highest BCUT2D eigenvalue weighted by Gasteiger charge is 2.19. The fourth-order valence-electron chi connectivity index (χ4n) is 3.03. The lowest BCUT2D eigenvalue weighted by atomic mass is 10.2. The molecule has 6 heteroatoms. The van der Waals surface area contributed by atoms with Crippen molar-refractivity contribution >= 4 is 28.9 Å². The number of amides is 1. The maximum absolute atomic E-state index is 12.3. The Hall–Kier alpha value is -2.27. The summed E-state index contributed by atoms with van der Waals surface area (Å²) in [5, 5.41) is 3.75. The van der Waals surface area contributed by atoms with Gasteiger partial charge in [-0.2, -0.15) is 0 Å². The van der Waals surface area contributed by atoms with Crippen LogP contribution >= 0.6 is 11.6 Å². The van der Waals surface area contributed by atoms with Crippen molar-refractivity contribution in [2.45, 2.75) is 26.3 Å². The van der Waals surface area contributed by atoms with Gasteiger partial charge in [0, 0.05) is 49.1 Å². The summed E-state index contributed by atoms with van der Waals surface area (Å²) in [5.74, 6) is -0.0636. The lowest BCUT2D eigenvalue weighted by Gasteiger charge is -2.37. The molecule has 1 atom stereocenters. The van der Waals surface area contributed by atoms with E-state index in [0.29, 0.717) is 5.56 Å². The number of carbonyl (C=O) groups excluding carboxylic acids is 1. The number of aromatic nitrogens is 1. The van der Waals surface area contributed by atoms with Crippen LogP contribution in [0.5, 0.6) is 0 Å². The maximum Gasteiger partial charge on any atom is 0.253 e. The van der Waals surface area contributed by atoms with Gasteiger partial charge in [-0.25, -0.2) is 0 Å². The number of hydrogen-bond donors (Lipinski definition) is 1. The molecule has 1 amide bonds. The van der Waals surface area contributed by atoms with E-state index in [-0.39, 0.29) is 11.9 Å². The van der Waals surface area contributed by atoms with Crippen molar-refractivity contribution in [1.29, 1.82) is 0 Å². The summed E-state index contributed by atoms with van der Waals surface area (Å²) >= 11 is 6.10. The minimum atomic E-state index is -0.0636. The lowest BCUT2D eigenvalue weighted by Crippen LogP contribution is -2.46. The first-order valence-corrected chi connectivity index (χ1v) is 9.46. The van der Waals surface area contributed by atoms with Crippen LogP contribution in [0.1, 0.15) is 30.6 Å². The van der Waals surface area contributed by atoms with Crippen LogP contribution in [0.4, 0.5) is 11.4 Å². The topological polar surface area (TPSA) is 48.5 Å². The second kappa shape index (κ2) is 8.41. The molecule has 2 heterocycles. The number of pyridine rings is 1. The molecule has 0 radical (unpaired) electrons. The number of nitrogens with zero attached hydrogens (tertiary/aromatic N) is 3. The molecular formula is C20H25ClN4O. The van der Waals surface area contributed by atoms with Crippen LogP contribution in [0.2, 0.25) is 5.02 Å². The third-order valence-electron chi connectivity index (χ3n) is 4.79. The third kappa shape index (κ3) is 4.47. The molecule has 1 fully saturated rings. The number of hydrogen-bond acceptors (Lipinski definition) is 4. The number of anilines is 2. The second-order valence-corrected chi connectivity index (χ2v) is 7.10. The van der Waals surface area contributed by atoms with E-state index in [9.17, 15) is 4.79 Å². The average molecular weight is 373 g/mol. The first kappa shape index (κ1) is 18.5. The van der Waals surface area contributed by atoms with Gasteiger partial charge in [-0.15, -0.1) is 0 Å².